The topological polar surface area (TPSA) is 29.1 Å². The van der Waals surface area contributed by atoms with Crippen LogP contribution >= 0.6 is 23.2 Å². The standard InChI is InChI=1S/C20H23Cl2NO/c1-14(2)12-19(16-6-4-3-5-7-16)23-20(24)11-9-15-8-10-17(21)13-18(15)22/h3-8,10,13-14,19H,9,11-12H2,1-2H3,(H,23,24)/t19-/m1/s1. The van der Waals surface area contributed by atoms with Crippen LogP contribution in [0.3, 0.4) is 0 Å². The van der Waals surface area contributed by atoms with E-state index in [2.05, 4.69) is 31.3 Å². The van der Waals surface area contributed by atoms with Gasteiger partial charge in [0.05, 0.1) is 6.04 Å². The quantitative estimate of drug-likeness (QED) is 0.658. The number of halogens is 2. The van der Waals surface area contributed by atoms with Crippen molar-refractivity contribution in [2.75, 3.05) is 0 Å². The lowest BCUT2D eigenvalue weighted by Crippen LogP contribution is -2.29. The first-order valence-corrected chi connectivity index (χ1v) is 8.99. The van der Waals surface area contributed by atoms with Crippen LogP contribution in [-0.4, -0.2) is 5.91 Å². The molecule has 0 bridgehead atoms. The molecular weight excluding hydrogens is 341 g/mol. The molecule has 128 valence electrons. The van der Waals surface area contributed by atoms with E-state index in [0.29, 0.717) is 28.8 Å². The molecule has 0 aliphatic heterocycles. The van der Waals surface area contributed by atoms with E-state index >= 15 is 0 Å². The van der Waals surface area contributed by atoms with Gasteiger partial charge in [-0.25, -0.2) is 0 Å². The summed E-state index contributed by atoms with van der Waals surface area (Å²) in [4.78, 5) is 12.4. The van der Waals surface area contributed by atoms with Crippen molar-refractivity contribution in [1.82, 2.24) is 5.32 Å². The zero-order valence-corrected chi connectivity index (χ0v) is 15.6. The minimum Gasteiger partial charge on any atom is -0.349 e. The summed E-state index contributed by atoms with van der Waals surface area (Å²) < 4.78 is 0. The largest absolute Gasteiger partial charge is 0.349 e. The zero-order chi connectivity index (χ0) is 17.5. The Morgan fingerprint density at radius 3 is 2.42 bits per heavy atom. The number of benzene rings is 2. The van der Waals surface area contributed by atoms with Crippen molar-refractivity contribution < 1.29 is 4.79 Å². The molecule has 0 fully saturated rings. The van der Waals surface area contributed by atoms with Crippen molar-refractivity contribution in [3.8, 4) is 0 Å². The molecule has 2 nitrogen and oxygen atoms in total. The van der Waals surface area contributed by atoms with Crippen molar-refractivity contribution in [2.24, 2.45) is 5.92 Å². The lowest BCUT2D eigenvalue weighted by atomic mass is 9.96. The number of amides is 1. The second-order valence-corrected chi connectivity index (χ2v) is 7.24. The van der Waals surface area contributed by atoms with E-state index < -0.39 is 0 Å². The molecule has 0 aliphatic rings. The van der Waals surface area contributed by atoms with E-state index in [1.54, 1.807) is 12.1 Å². The number of aryl methyl sites for hydroxylation is 1. The molecule has 2 aromatic rings. The van der Waals surface area contributed by atoms with Crippen LogP contribution < -0.4 is 5.32 Å². The Balaban J connectivity index is 1.97. The van der Waals surface area contributed by atoms with Crippen LogP contribution in [-0.2, 0) is 11.2 Å². The van der Waals surface area contributed by atoms with Gasteiger partial charge in [-0.1, -0.05) is 73.4 Å². The van der Waals surface area contributed by atoms with Gasteiger partial charge in [0.2, 0.25) is 5.91 Å². The fourth-order valence-electron chi connectivity index (χ4n) is 2.67. The number of carbonyl (C=O) groups excluding carboxylic acids is 1. The van der Waals surface area contributed by atoms with Gasteiger partial charge in [0.1, 0.15) is 0 Å². The van der Waals surface area contributed by atoms with Crippen LogP contribution in [0.5, 0.6) is 0 Å². The normalized spacial score (nSPS) is 12.2. The smallest absolute Gasteiger partial charge is 0.220 e. The average molecular weight is 364 g/mol. The molecule has 0 radical (unpaired) electrons. The monoisotopic (exact) mass is 363 g/mol. The molecule has 0 spiro atoms. The maximum absolute atomic E-state index is 12.4. The van der Waals surface area contributed by atoms with Crippen molar-refractivity contribution in [3.05, 3.63) is 69.7 Å². The summed E-state index contributed by atoms with van der Waals surface area (Å²) in [6.07, 6.45) is 1.92. The number of hydrogen-bond donors (Lipinski definition) is 1. The van der Waals surface area contributed by atoms with Gasteiger partial charge in [0.15, 0.2) is 0 Å². The molecule has 0 aromatic heterocycles. The predicted molar refractivity (Wildman–Crippen MR) is 102 cm³/mol. The van der Waals surface area contributed by atoms with Gasteiger partial charge < -0.3 is 5.32 Å². The highest BCUT2D eigenvalue weighted by atomic mass is 35.5. The van der Waals surface area contributed by atoms with Crippen LogP contribution in [0.1, 0.15) is 43.9 Å². The van der Waals surface area contributed by atoms with Gasteiger partial charge >= 0.3 is 0 Å². The Morgan fingerprint density at radius 1 is 1.08 bits per heavy atom. The van der Waals surface area contributed by atoms with Gasteiger partial charge in [0, 0.05) is 16.5 Å². The molecular formula is C20H23Cl2NO. The molecule has 0 saturated carbocycles. The van der Waals surface area contributed by atoms with E-state index in [1.807, 2.05) is 24.3 Å². The first-order valence-electron chi connectivity index (χ1n) is 8.24. The number of rotatable bonds is 7. The van der Waals surface area contributed by atoms with Crippen molar-refractivity contribution in [3.63, 3.8) is 0 Å². The van der Waals surface area contributed by atoms with Gasteiger partial charge in [-0.05, 0) is 42.0 Å². The zero-order valence-electron chi connectivity index (χ0n) is 14.1. The average Bonchev–Trinajstić information content (AvgIpc) is 2.54. The minimum absolute atomic E-state index is 0.0375. The number of hydrogen-bond acceptors (Lipinski definition) is 1. The SMILES string of the molecule is CC(C)C[C@@H](NC(=O)CCc1ccc(Cl)cc1Cl)c1ccccc1. The maximum Gasteiger partial charge on any atom is 0.220 e. The Kier molecular flexibility index (Phi) is 7.14. The molecule has 24 heavy (non-hydrogen) atoms. The van der Waals surface area contributed by atoms with Crippen molar-refractivity contribution in [1.29, 1.82) is 0 Å². The van der Waals surface area contributed by atoms with Crippen LogP contribution in [0.4, 0.5) is 0 Å². The molecule has 4 heteroatoms. The van der Waals surface area contributed by atoms with Crippen LogP contribution in [0.2, 0.25) is 10.0 Å². The molecule has 0 heterocycles. The predicted octanol–water partition coefficient (Wildman–Crippen LogP) is 5.83. The van der Waals surface area contributed by atoms with Gasteiger partial charge in [-0.15, -0.1) is 0 Å². The third kappa shape index (κ3) is 5.85. The summed E-state index contributed by atoms with van der Waals surface area (Å²) in [5.41, 5.74) is 2.08. The van der Waals surface area contributed by atoms with Crippen LogP contribution in [0, 0.1) is 5.92 Å². The summed E-state index contributed by atoms with van der Waals surface area (Å²) in [7, 11) is 0. The number of carbonyl (C=O) groups is 1. The Bertz CT molecular complexity index is 671. The van der Waals surface area contributed by atoms with Crippen LogP contribution in [0.25, 0.3) is 0 Å². The lowest BCUT2D eigenvalue weighted by Gasteiger charge is -2.21. The third-order valence-corrected chi connectivity index (χ3v) is 4.47. The second kappa shape index (κ2) is 9.10. The molecule has 1 amide bonds. The summed E-state index contributed by atoms with van der Waals surface area (Å²) in [6.45, 7) is 4.32. The highest BCUT2D eigenvalue weighted by molar-refractivity contribution is 6.35. The Hall–Kier alpha value is -1.51. The lowest BCUT2D eigenvalue weighted by molar-refractivity contribution is -0.121. The van der Waals surface area contributed by atoms with E-state index in [9.17, 15) is 4.79 Å². The molecule has 0 aliphatic carbocycles. The highest BCUT2D eigenvalue weighted by Crippen LogP contribution is 2.23. The molecule has 1 N–H and O–H groups in total. The number of nitrogens with one attached hydrogen (secondary N) is 1. The minimum atomic E-state index is 0.0375. The molecule has 2 rings (SSSR count). The molecule has 1 atom stereocenters. The van der Waals surface area contributed by atoms with Crippen molar-refractivity contribution >= 4 is 29.1 Å². The first kappa shape index (κ1) is 18.8. The summed E-state index contributed by atoms with van der Waals surface area (Å²) in [5, 5.41) is 4.37. The van der Waals surface area contributed by atoms with E-state index in [1.165, 1.54) is 0 Å². The Labute approximate surface area is 154 Å². The van der Waals surface area contributed by atoms with Gasteiger partial charge in [-0.3, -0.25) is 4.79 Å². The second-order valence-electron chi connectivity index (χ2n) is 6.40. The van der Waals surface area contributed by atoms with E-state index in [0.717, 1.165) is 17.5 Å². The summed E-state index contributed by atoms with van der Waals surface area (Å²) in [6, 6.07) is 15.5. The summed E-state index contributed by atoms with van der Waals surface area (Å²) in [5.74, 6) is 0.539. The van der Waals surface area contributed by atoms with E-state index in [-0.39, 0.29) is 11.9 Å². The fraction of sp³-hybridized carbons (Fsp3) is 0.350. The fourth-order valence-corrected chi connectivity index (χ4v) is 3.18. The maximum atomic E-state index is 12.4. The highest BCUT2D eigenvalue weighted by Gasteiger charge is 2.16. The van der Waals surface area contributed by atoms with E-state index in [4.69, 9.17) is 23.2 Å². The van der Waals surface area contributed by atoms with Gasteiger partial charge in [0.25, 0.3) is 0 Å². The van der Waals surface area contributed by atoms with Crippen LogP contribution in [0.15, 0.2) is 48.5 Å². The third-order valence-electron chi connectivity index (χ3n) is 3.88. The summed E-state index contributed by atoms with van der Waals surface area (Å²) >= 11 is 12.1. The Morgan fingerprint density at radius 2 is 1.79 bits per heavy atom. The van der Waals surface area contributed by atoms with Crippen molar-refractivity contribution in [2.45, 2.75) is 39.2 Å². The molecule has 0 saturated heterocycles. The molecule has 0 unspecified atom stereocenters. The van der Waals surface area contributed by atoms with Gasteiger partial charge in [-0.2, -0.15) is 0 Å². The molecule has 2 aromatic carbocycles. The first-order chi connectivity index (χ1) is 11.5.